The molecule has 0 unspecified atom stereocenters. The average molecular weight is 911 g/mol. The smallest absolute Gasteiger partial charge is 0.306 e. The van der Waals surface area contributed by atoms with Crippen molar-refractivity contribution in [2.24, 2.45) is 0 Å². The lowest BCUT2D eigenvalue weighted by Crippen LogP contribution is -2.30. The molecule has 0 rings (SSSR count). The van der Waals surface area contributed by atoms with E-state index in [0.717, 1.165) is 64.2 Å². The van der Waals surface area contributed by atoms with Crippen molar-refractivity contribution in [3.05, 3.63) is 48.6 Å². The van der Waals surface area contributed by atoms with E-state index in [2.05, 4.69) is 69.4 Å². The maximum Gasteiger partial charge on any atom is 0.306 e. The summed E-state index contributed by atoms with van der Waals surface area (Å²) in [5, 5.41) is 0. The van der Waals surface area contributed by atoms with Crippen LogP contribution < -0.4 is 0 Å². The van der Waals surface area contributed by atoms with E-state index in [1.54, 1.807) is 0 Å². The summed E-state index contributed by atoms with van der Waals surface area (Å²) >= 11 is 0. The highest BCUT2D eigenvalue weighted by Gasteiger charge is 2.19. The van der Waals surface area contributed by atoms with Crippen LogP contribution in [0.2, 0.25) is 0 Å². The molecule has 0 aliphatic rings. The van der Waals surface area contributed by atoms with Crippen molar-refractivity contribution >= 4 is 17.9 Å². The summed E-state index contributed by atoms with van der Waals surface area (Å²) in [5.74, 6) is -0.929. The Hall–Kier alpha value is -2.63. The minimum Gasteiger partial charge on any atom is -0.462 e. The van der Waals surface area contributed by atoms with Crippen LogP contribution in [0.25, 0.3) is 0 Å². The normalized spacial score (nSPS) is 12.4. The van der Waals surface area contributed by atoms with Crippen LogP contribution in [0.3, 0.4) is 0 Å². The number of ether oxygens (including phenoxy) is 3. The fourth-order valence-electron chi connectivity index (χ4n) is 8.08. The second-order valence-electron chi connectivity index (χ2n) is 18.9. The summed E-state index contributed by atoms with van der Waals surface area (Å²) in [5.41, 5.74) is 0. The zero-order valence-electron chi connectivity index (χ0n) is 43.3. The van der Waals surface area contributed by atoms with Crippen LogP contribution in [0.15, 0.2) is 48.6 Å². The Morgan fingerprint density at radius 3 is 0.923 bits per heavy atom. The van der Waals surface area contributed by atoms with Crippen molar-refractivity contribution < 1.29 is 28.6 Å². The van der Waals surface area contributed by atoms with Gasteiger partial charge in [-0.1, -0.05) is 262 Å². The standard InChI is InChI=1S/C59H106O6/c1-4-7-10-13-16-19-22-25-28-29-32-34-37-40-43-46-49-52-58(61)64-55-56(65-59(62)53-50-47-44-41-38-35-31-27-24-21-18-15-12-9-6-3)54-63-57(60)51-48-45-42-39-36-33-30-26-23-20-17-14-11-8-5-2/h16,19,25,28,32,34,40,43,56H,4-15,17-18,20-24,26-27,29-31,33,35-39,41-42,44-55H2,1-3H3/b19-16-,28-25-,34-32-,43-40-/t56-/m1/s1. The molecule has 0 saturated carbocycles. The van der Waals surface area contributed by atoms with Gasteiger partial charge in [-0.3, -0.25) is 14.4 Å². The van der Waals surface area contributed by atoms with Gasteiger partial charge in [0.05, 0.1) is 0 Å². The number of hydrogen-bond acceptors (Lipinski definition) is 6. The lowest BCUT2D eigenvalue weighted by atomic mass is 10.0. The van der Waals surface area contributed by atoms with Crippen molar-refractivity contribution in [3.63, 3.8) is 0 Å². The van der Waals surface area contributed by atoms with E-state index in [9.17, 15) is 14.4 Å². The molecule has 0 aliphatic carbocycles. The largest absolute Gasteiger partial charge is 0.462 e. The first-order valence-electron chi connectivity index (χ1n) is 28.1. The lowest BCUT2D eigenvalue weighted by molar-refractivity contribution is -0.167. The Morgan fingerprint density at radius 1 is 0.308 bits per heavy atom. The minimum atomic E-state index is -0.790. The number of allylic oxidation sites excluding steroid dienone is 8. The van der Waals surface area contributed by atoms with Gasteiger partial charge in [0.25, 0.3) is 0 Å². The van der Waals surface area contributed by atoms with Crippen molar-refractivity contribution in [2.45, 2.75) is 297 Å². The lowest BCUT2D eigenvalue weighted by Gasteiger charge is -2.18. The third kappa shape index (κ3) is 52.2. The van der Waals surface area contributed by atoms with E-state index in [4.69, 9.17) is 14.2 Å². The maximum absolute atomic E-state index is 12.8. The Morgan fingerprint density at radius 2 is 0.569 bits per heavy atom. The van der Waals surface area contributed by atoms with Crippen LogP contribution in [0, 0.1) is 0 Å². The molecule has 0 fully saturated rings. The molecule has 0 saturated heterocycles. The van der Waals surface area contributed by atoms with Crippen molar-refractivity contribution in [2.75, 3.05) is 13.2 Å². The van der Waals surface area contributed by atoms with Gasteiger partial charge in [-0.15, -0.1) is 0 Å². The third-order valence-electron chi connectivity index (χ3n) is 12.3. The van der Waals surface area contributed by atoms with Gasteiger partial charge in [-0.05, 0) is 57.8 Å². The summed E-state index contributed by atoms with van der Waals surface area (Å²) in [6.07, 6.45) is 65.3. The Kier molecular flexibility index (Phi) is 51.8. The van der Waals surface area contributed by atoms with E-state index in [1.165, 1.54) is 180 Å². The minimum absolute atomic E-state index is 0.0856. The number of unbranched alkanes of at least 4 members (excludes halogenated alkanes) is 32. The molecule has 0 spiro atoms. The van der Waals surface area contributed by atoms with E-state index in [0.29, 0.717) is 19.3 Å². The third-order valence-corrected chi connectivity index (χ3v) is 12.3. The second-order valence-corrected chi connectivity index (χ2v) is 18.9. The van der Waals surface area contributed by atoms with Gasteiger partial charge in [0.1, 0.15) is 13.2 Å². The van der Waals surface area contributed by atoms with Gasteiger partial charge in [-0.25, -0.2) is 0 Å². The van der Waals surface area contributed by atoms with E-state index < -0.39 is 6.10 Å². The maximum atomic E-state index is 12.8. The van der Waals surface area contributed by atoms with Crippen molar-refractivity contribution in [3.8, 4) is 0 Å². The second kappa shape index (κ2) is 54.0. The molecule has 0 N–H and O–H groups in total. The molecule has 6 nitrogen and oxygen atoms in total. The molecule has 65 heavy (non-hydrogen) atoms. The fourth-order valence-corrected chi connectivity index (χ4v) is 8.08. The summed E-state index contributed by atoms with van der Waals surface area (Å²) in [6, 6.07) is 0. The molecular formula is C59H106O6. The number of carbonyl (C=O) groups is 3. The van der Waals surface area contributed by atoms with Crippen LogP contribution in [-0.2, 0) is 28.6 Å². The molecule has 0 aromatic heterocycles. The molecule has 6 heteroatoms. The molecule has 0 aromatic rings. The van der Waals surface area contributed by atoms with Crippen LogP contribution in [0.1, 0.15) is 290 Å². The van der Waals surface area contributed by atoms with E-state index in [-0.39, 0.29) is 37.5 Å². The van der Waals surface area contributed by atoms with E-state index >= 15 is 0 Å². The highest BCUT2D eigenvalue weighted by atomic mass is 16.6. The molecular weight excluding hydrogens is 805 g/mol. The summed E-state index contributed by atoms with van der Waals surface area (Å²) in [6.45, 7) is 6.60. The van der Waals surface area contributed by atoms with Crippen LogP contribution in [0.4, 0.5) is 0 Å². The van der Waals surface area contributed by atoms with Crippen molar-refractivity contribution in [1.29, 1.82) is 0 Å². The highest BCUT2D eigenvalue weighted by molar-refractivity contribution is 5.71. The Bertz CT molecular complexity index is 1140. The van der Waals surface area contributed by atoms with Gasteiger partial charge in [0, 0.05) is 19.3 Å². The Labute approximate surface area is 403 Å². The van der Waals surface area contributed by atoms with Gasteiger partial charge in [0.2, 0.25) is 0 Å². The molecule has 0 amide bonds. The van der Waals surface area contributed by atoms with E-state index in [1.807, 2.05) is 0 Å². The van der Waals surface area contributed by atoms with Crippen LogP contribution >= 0.6 is 0 Å². The first-order valence-corrected chi connectivity index (χ1v) is 28.1. The molecule has 0 bridgehead atoms. The van der Waals surface area contributed by atoms with Gasteiger partial charge >= 0.3 is 17.9 Å². The monoisotopic (exact) mass is 911 g/mol. The molecule has 0 aromatic carbocycles. The summed E-state index contributed by atoms with van der Waals surface area (Å²) in [4.78, 5) is 38.1. The number of carbonyl (C=O) groups excluding carboxylic acids is 3. The zero-order chi connectivity index (χ0) is 47.2. The fraction of sp³-hybridized carbons (Fsp3) is 0.814. The number of rotatable bonds is 51. The number of hydrogen-bond donors (Lipinski definition) is 0. The average Bonchev–Trinajstić information content (AvgIpc) is 3.30. The van der Waals surface area contributed by atoms with Crippen LogP contribution in [0.5, 0.6) is 0 Å². The predicted octanol–water partition coefficient (Wildman–Crippen LogP) is 18.7. The van der Waals surface area contributed by atoms with Gasteiger partial charge < -0.3 is 14.2 Å². The molecule has 0 heterocycles. The summed E-state index contributed by atoms with van der Waals surface area (Å²) < 4.78 is 16.8. The molecule has 378 valence electrons. The SMILES string of the molecule is CCCCC/C=C\C/C=C\C/C=C\C/C=C\CCCC(=O)OC[C@@H](COC(=O)CCCCCCCCCCCCCCCCC)OC(=O)CCCCCCCCCCCCCCCCC. The first-order chi connectivity index (χ1) is 32.0. The molecule has 0 aliphatic heterocycles. The van der Waals surface area contributed by atoms with Gasteiger partial charge in [-0.2, -0.15) is 0 Å². The predicted molar refractivity (Wildman–Crippen MR) is 279 cm³/mol. The van der Waals surface area contributed by atoms with Gasteiger partial charge in [0.15, 0.2) is 6.10 Å². The zero-order valence-corrected chi connectivity index (χ0v) is 43.3. The first kappa shape index (κ1) is 62.4. The quantitative estimate of drug-likeness (QED) is 0.0262. The molecule has 0 radical (unpaired) electrons. The molecule has 1 atom stereocenters. The van der Waals surface area contributed by atoms with Crippen LogP contribution in [-0.4, -0.2) is 37.2 Å². The van der Waals surface area contributed by atoms with Crippen molar-refractivity contribution in [1.82, 2.24) is 0 Å². The number of esters is 3. The Balaban J connectivity index is 4.43. The summed E-state index contributed by atoms with van der Waals surface area (Å²) in [7, 11) is 0. The highest BCUT2D eigenvalue weighted by Crippen LogP contribution is 2.16. The topological polar surface area (TPSA) is 78.9 Å².